The van der Waals surface area contributed by atoms with Crippen LogP contribution in [0.4, 0.5) is 0 Å². The second kappa shape index (κ2) is 6.61. The fourth-order valence-electron chi connectivity index (χ4n) is 3.52. The van der Waals surface area contributed by atoms with E-state index in [1.54, 1.807) is 0 Å². The normalized spacial score (nSPS) is 26.4. The van der Waals surface area contributed by atoms with Gasteiger partial charge in [-0.1, -0.05) is 12.8 Å². The first kappa shape index (κ1) is 15.1. The molecular formula is C17H24N2O4. The van der Waals surface area contributed by atoms with Crippen LogP contribution >= 0.6 is 0 Å². The van der Waals surface area contributed by atoms with Crippen LogP contribution in [0.2, 0.25) is 0 Å². The van der Waals surface area contributed by atoms with Gasteiger partial charge in [0.05, 0.1) is 19.3 Å². The molecule has 4 rings (SSSR count). The van der Waals surface area contributed by atoms with Gasteiger partial charge in [-0.15, -0.1) is 0 Å². The smallest absolute Gasteiger partial charge is 0.276 e. The standard InChI is InChI=1S/C17H24N2O4/c20-17(19-5-8-22-10-14(19)9-12-1-2-12)15-11-23-16(18-15)13-3-6-21-7-4-13/h11-14H,1-10H2. The van der Waals surface area contributed by atoms with E-state index >= 15 is 0 Å². The molecule has 0 bridgehead atoms. The molecule has 3 fully saturated rings. The number of carbonyl (C=O) groups excluding carboxylic acids is 1. The number of rotatable bonds is 4. The minimum atomic E-state index is -0.0130. The number of ether oxygens (including phenoxy) is 2. The highest BCUT2D eigenvalue weighted by Gasteiger charge is 2.34. The van der Waals surface area contributed by atoms with Crippen LogP contribution in [0, 0.1) is 5.92 Å². The molecule has 0 spiro atoms. The van der Waals surface area contributed by atoms with Crippen LogP contribution in [0.5, 0.6) is 0 Å². The van der Waals surface area contributed by atoms with Crippen molar-refractivity contribution in [2.45, 2.75) is 44.1 Å². The number of amides is 1. The third-order valence-electron chi connectivity index (χ3n) is 5.10. The van der Waals surface area contributed by atoms with Gasteiger partial charge in [0.15, 0.2) is 11.6 Å². The minimum Gasteiger partial charge on any atom is -0.448 e. The number of aromatic nitrogens is 1. The predicted octanol–water partition coefficient (Wildman–Crippen LogP) is 2.21. The summed E-state index contributed by atoms with van der Waals surface area (Å²) in [4.78, 5) is 19.3. The van der Waals surface area contributed by atoms with Crippen LogP contribution in [0.1, 0.15) is 54.4 Å². The molecule has 126 valence electrons. The van der Waals surface area contributed by atoms with Gasteiger partial charge in [-0.2, -0.15) is 0 Å². The maximum atomic E-state index is 12.8. The quantitative estimate of drug-likeness (QED) is 0.851. The van der Waals surface area contributed by atoms with Crippen molar-refractivity contribution in [1.29, 1.82) is 0 Å². The van der Waals surface area contributed by atoms with E-state index in [9.17, 15) is 4.79 Å². The van der Waals surface area contributed by atoms with E-state index in [2.05, 4.69) is 4.98 Å². The molecule has 1 saturated carbocycles. The maximum absolute atomic E-state index is 12.8. The summed E-state index contributed by atoms with van der Waals surface area (Å²) in [6.07, 6.45) is 6.98. The Morgan fingerprint density at radius 1 is 1.17 bits per heavy atom. The Labute approximate surface area is 136 Å². The molecule has 1 aromatic heterocycles. The van der Waals surface area contributed by atoms with Crippen LogP contribution in [0.25, 0.3) is 0 Å². The molecule has 23 heavy (non-hydrogen) atoms. The average Bonchev–Trinajstić information content (AvgIpc) is 3.27. The van der Waals surface area contributed by atoms with Gasteiger partial charge >= 0.3 is 0 Å². The molecule has 1 atom stereocenters. The molecular weight excluding hydrogens is 296 g/mol. The Kier molecular flexibility index (Phi) is 4.35. The third-order valence-corrected chi connectivity index (χ3v) is 5.10. The largest absolute Gasteiger partial charge is 0.448 e. The van der Waals surface area contributed by atoms with E-state index in [4.69, 9.17) is 13.9 Å². The average molecular weight is 320 g/mol. The first-order valence-corrected chi connectivity index (χ1v) is 8.73. The Balaban J connectivity index is 1.45. The van der Waals surface area contributed by atoms with Gasteiger partial charge in [0.2, 0.25) is 0 Å². The van der Waals surface area contributed by atoms with Crippen molar-refractivity contribution in [3.63, 3.8) is 0 Å². The lowest BCUT2D eigenvalue weighted by Crippen LogP contribution is -2.49. The first-order valence-electron chi connectivity index (χ1n) is 8.73. The Bertz CT molecular complexity index is 549. The van der Waals surface area contributed by atoms with Gasteiger partial charge in [0, 0.05) is 25.7 Å². The maximum Gasteiger partial charge on any atom is 0.276 e. The van der Waals surface area contributed by atoms with Gasteiger partial charge in [-0.05, 0) is 25.2 Å². The van der Waals surface area contributed by atoms with Gasteiger partial charge in [-0.25, -0.2) is 4.98 Å². The fraction of sp³-hybridized carbons (Fsp3) is 0.765. The summed E-state index contributed by atoms with van der Waals surface area (Å²) in [5, 5.41) is 0. The number of hydrogen-bond donors (Lipinski definition) is 0. The highest BCUT2D eigenvalue weighted by molar-refractivity contribution is 5.92. The first-order chi connectivity index (χ1) is 11.3. The van der Waals surface area contributed by atoms with Gasteiger partial charge in [0.1, 0.15) is 6.26 Å². The van der Waals surface area contributed by atoms with Crippen LogP contribution < -0.4 is 0 Å². The van der Waals surface area contributed by atoms with Gasteiger partial charge in [0.25, 0.3) is 5.91 Å². The summed E-state index contributed by atoms with van der Waals surface area (Å²) in [6, 6.07) is 0.187. The Morgan fingerprint density at radius 2 is 2.00 bits per heavy atom. The predicted molar refractivity (Wildman–Crippen MR) is 82.3 cm³/mol. The lowest BCUT2D eigenvalue weighted by atomic mass is 10.0. The van der Waals surface area contributed by atoms with Crippen molar-refractivity contribution < 1.29 is 18.7 Å². The van der Waals surface area contributed by atoms with Crippen molar-refractivity contribution in [2.75, 3.05) is 33.0 Å². The molecule has 2 aliphatic heterocycles. The van der Waals surface area contributed by atoms with E-state index in [-0.39, 0.29) is 17.9 Å². The SMILES string of the molecule is O=C(c1coc(C2CCOCC2)n1)N1CCOCC1CC1CC1. The molecule has 6 heteroatoms. The van der Waals surface area contributed by atoms with Crippen molar-refractivity contribution >= 4 is 5.91 Å². The molecule has 1 aliphatic carbocycles. The molecule has 1 amide bonds. The molecule has 0 N–H and O–H groups in total. The molecule has 0 radical (unpaired) electrons. The van der Waals surface area contributed by atoms with E-state index in [0.717, 1.165) is 38.4 Å². The van der Waals surface area contributed by atoms with E-state index < -0.39 is 0 Å². The summed E-state index contributed by atoms with van der Waals surface area (Å²) < 4.78 is 16.5. The van der Waals surface area contributed by atoms with Gasteiger partial charge < -0.3 is 18.8 Å². The number of oxazole rings is 1. The highest BCUT2D eigenvalue weighted by atomic mass is 16.5. The van der Waals surface area contributed by atoms with Crippen LogP contribution in [0.3, 0.4) is 0 Å². The molecule has 2 saturated heterocycles. The molecule has 1 aromatic rings. The summed E-state index contributed by atoms with van der Waals surface area (Å²) in [6.45, 7) is 3.38. The highest BCUT2D eigenvalue weighted by Crippen LogP contribution is 2.35. The fourth-order valence-corrected chi connectivity index (χ4v) is 3.52. The van der Waals surface area contributed by atoms with Crippen molar-refractivity contribution in [3.8, 4) is 0 Å². The third kappa shape index (κ3) is 3.43. The Morgan fingerprint density at radius 3 is 2.78 bits per heavy atom. The van der Waals surface area contributed by atoms with E-state index in [1.807, 2.05) is 4.90 Å². The number of nitrogens with zero attached hydrogens (tertiary/aromatic N) is 2. The number of morpholine rings is 1. The molecule has 1 unspecified atom stereocenters. The summed E-state index contributed by atoms with van der Waals surface area (Å²) >= 11 is 0. The Hall–Kier alpha value is -1.40. The zero-order valence-electron chi connectivity index (χ0n) is 13.4. The summed E-state index contributed by atoms with van der Waals surface area (Å²) in [5.74, 6) is 1.72. The second-order valence-electron chi connectivity index (χ2n) is 6.86. The molecule has 3 heterocycles. The lowest BCUT2D eigenvalue weighted by molar-refractivity contribution is -0.00600. The van der Waals surface area contributed by atoms with Crippen molar-refractivity contribution in [2.24, 2.45) is 5.92 Å². The van der Waals surface area contributed by atoms with Crippen molar-refractivity contribution in [3.05, 3.63) is 17.8 Å². The van der Waals surface area contributed by atoms with Crippen molar-refractivity contribution in [1.82, 2.24) is 9.88 Å². The minimum absolute atomic E-state index is 0.0130. The van der Waals surface area contributed by atoms with E-state index in [0.29, 0.717) is 31.3 Å². The summed E-state index contributed by atoms with van der Waals surface area (Å²) in [5.41, 5.74) is 0.439. The number of hydrogen-bond acceptors (Lipinski definition) is 5. The molecule has 3 aliphatic rings. The van der Waals surface area contributed by atoms with E-state index in [1.165, 1.54) is 19.1 Å². The second-order valence-corrected chi connectivity index (χ2v) is 6.86. The summed E-state index contributed by atoms with van der Waals surface area (Å²) in [7, 11) is 0. The molecule has 6 nitrogen and oxygen atoms in total. The van der Waals surface area contributed by atoms with Crippen LogP contribution in [-0.4, -0.2) is 54.8 Å². The monoisotopic (exact) mass is 320 g/mol. The zero-order valence-corrected chi connectivity index (χ0v) is 13.4. The topological polar surface area (TPSA) is 64.8 Å². The zero-order chi connectivity index (χ0) is 15.6. The lowest BCUT2D eigenvalue weighted by Gasteiger charge is -2.35. The van der Waals surface area contributed by atoms with Crippen LogP contribution in [-0.2, 0) is 9.47 Å². The molecule has 0 aromatic carbocycles. The number of carbonyl (C=O) groups is 1. The van der Waals surface area contributed by atoms with Gasteiger partial charge in [-0.3, -0.25) is 4.79 Å². The van der Waals surface area contributed by atoms with Crippen LogP contribution in [0.15, 0.2) is 10.7 Å².